The molecule has 0 aliphatic heterocycles. The van der Waals surface area contributed by atoms with Crippen molar-refractivity contribution in [3.63, 3.8) is 0 Å². The molecule has 1 aliphatic carbocycles. The Morgan fingerprint density at radius 1 is 1.38 bits per heavy atom. The first-order chi connectivity index (χ1) is 7.74. The lowest BCUT2D eigenvalue weighted by Gasteiger charge is -2.25. The molecule has 0 saturated carbocycles. The van der Waals surface area contributed by atoms with Crippen molar-refractivity contribution in [2.45, 2.75) is 39.5 Å². The van der Waals surface area contributed by atoms with Crippen molar-refractivity contribution >= 4 is 0 Å². The third-order valence-corrected chi connectivity index (χ3v) is 3.44. The van der Waals surface area contributed by atoms with Crippen molar-refractivity contribution in [2.75, 3.05) is 13.6 Å². The molecule has 0 fully saturated rings. The van der Waals surface area contributed by atoms with E-state index >= 15 is 0 Å². The van der Waals surface area contributed by atoms with Crippen LogP contribution < -0.4 is 5.32 Å². The predicted octanol–water partition coefficient (Wildman–Crippen LogP) is 1.67. The molecule has 88 valence electrons. The maximum absolute atomic E-state index is 4.66. The molecule has 1 aromatic heterocycles. The Kier molecular flexibility index (Phi) is 3.54. The summed E-state index contributed by atoms with van der Waals surface area (Å²) in [5, 5.41) is 3.27. The quantitative estimate of drug-likeness (QED) is 0.840. The van der Waals surface area contributed by atoms with E-state index in [0.29, 0.717) is 0 Å². The Balaban J connectivity index is 2.25. The van der Waals surface area contributed by atoms with Gasteiger partial charge in [-0.05, 0) is 51.3 Å². The number of aryl methyl sites for hydroxylation is 3. The van der Waals surface area contributed by atoms with Gasteiger partial charge in [0.05, 0.1) is 0 Å². The van der Waals surface area contributed by atoms with Gasteiger partial charge in [-0.2, -0.15) is 0 Å². The molecular formula is C13H21N3. The zero-order chi connectivity index (χ0) is 11.5. The topological polar surface area (TPSA) is 37.8 Å². The van der Waals surface area contributed by atoms with Gasteiger partial charge < -0.3 is 5.32 Å². The largest absolute Gasteiger partial charge is 0.319 e. The molecule has 3 nitrogen and oxygen atoms in total. The molecule has 1 unspecified atom stereocenters. The first kappa shape index (κ1) is 11.5. The van der Waals surface area contributed by atoms with Crippen molar-refractivity contribution in [1.82, 2.24) is 15.3 Å². The van der Waals surface area contributed by atoms with E-state index in [1.165, 1.54) is 23.4 Å². The van der Waals surface area contributed by atoms with Crippen molar-refractivity contribution in [1.29, 1.82) is 0 Å². The van der Waals surface area contributed by atoms with E-state index in [0.717, 1.165) is 37.5 Å². The number of nitrogens with zero attached hydrogens (tertiary/aromatic N) is 2. The molecule has 3 heteroatoms. The molecule has 1 aliphatic rings. The van der Waals surface area contributed by atoms with Gasteiger partial charge in [0.2, 0.25) is 0 Å². The molecular weight excluding hydrogens is 198 g/mol. The standard InChI is InChI=1S/C13H21N3/c1-4-13-15-9(2)11-7-10(8-14-3)5-6-12(11)16-13/h10,14H,4-8H2,1-3H3. The number of hydrogen-bond acceptors (Lipinski definition) is 3. The van der Waals surface area contributed by atoms with Crippen molar-refractivity contribution in [2.24, 2.45) is 5.92 Å². The van der Waals surface area contributed by atoms with Crippen molar-refractivity contribution in [3.8, 4) is 0 Å². The zero-order valence-corrected chi connectivity index (χ0v) is 10.5. The molecule has 0 saturated heterocycles. The summed E-state index contributed by atoms with van der Waals surface area (Å²) < 4.78 is 0. The van der Waals surface area contributed by atoms with E-state index in [4.69, 9.17) is 0 Å². The molecule has 1 atom stereocenters. The Hall–Kier alpha value is -0.960. The summed E-state index contributed by atoms with van der Waals surface area (Å²) in [6, 6.07) is 0. The molecule has 1 aromatic rings. The lowest BCUT2D eigenvalue weighted by atomic mass is 9.86. The lowest BCUT2D eigenvalue weighted by molar-refractivity contribution is 0.431. The average molecular weight is 219 g/mol. The van der Waals surface area contributed by atoms with E-state index in [9.17, 15) is 0 Å². The summed E-state index contributed by atoms with van der Waals surface area (Å²) in [7, 11) is 2.03. The molecule has 0 aromatic carbocycles. The fourth-order valence-electron chi connectivity index (χ4n) is 2.54. The molecule has 0 spiro atoms. The number of rotatable bonds is 3. The number of hydrogen-bond donors (Lipinski definition) is 1. The van der Waals surface area contributed by atoms with Crippen LogP contribution in [0.3, 0.4) is 0 Å². The Morgan fingerprint density at radius 3 is 2.88 bits per heavy atom. The summed E-state index contributed by atoms with van der Waals surface area (Å²) in [5.74, 6) is 1.76. The van der Waals surface area contributed by atoms with Gasteiger partial charge >= 0.3 is 0 Å². The van der Waals surface area contributed by atoms with Crippen LogP contribution in [-0.2, 0) is 19.3 Å². The number of fused-ring (bicyclic) bond motifs is 1. The smallest absolute Gasteiger partial charge is 0.128 e. The third-order valence-electron chi connectivity index (χ3n) is 3.44. The second-order valence-corrected chi connectivity index (χ2v) is 4.67. The van der Waals surface area contributed by atoms with Crippen LogP contribution in [-0.4, -0.2) is 23.6 Å². The van der Waals surface area contributed by atoms with Crippen LogP contribution in [0.2, 0.25) is 0 Å². The third kappa shape index (κ3) is 2.24. The minimum Gasteiger partial charge on any atom is -0.319 e. The van der Waals surface area contributed by atoms with Gasteiger partial charge in [-0.25, -0.2) is 9.97 Å². The van der Waals surface area contributed by atoms with Crippen molar-refractivity contribution in [3.05, 3.63) is 22.8 Å². The minimum absolute atomic E-state index is 0.757. The summed E-state index contributed by atoms with van der Waals surface area (Å²) in [6.07, 6.45) is 4.46. The maximum Gasteiger partial charge on any atom is 0.128 e. The van der Waals surface area contributed by atoms with Crippen LogP contribution in [0.1, 0.15) is 36.1 Å². The fraction of sp³-hybridized carbons (Fsp3) is 0.692. The highest BCUT2D eigenvalue weighted by Crippen LogP contribution is 2.25. The normalized spacial score (nSPS) is 19.6. The summed E-state index contributed by atoms with van der Waals surface area (Å²) >= 11 is 0. The van der Waals surface area contributed by atoms with Crippen LogP contribution in [0.25, 0.3) is 0 Å². The molecule has 1 heterocycles. The Labute approximate surface area is 97.7 Å². The van der Waals surface area contributed by atoms with E-state index < -0.39 is 0 Å². The van der Waals surface area contributed by atoms with Gasteiger partial charge in [-0.1, -0.05) is 6.92 Å². The van der Waals surface area contributed by atoms with E-state index in [2.05, 4.69) is 29.1 Å². The van der Waals surface area contributed by atoms with Gasteiger partial charge in [-0.15, -0.1) is 0 Å². The number of aromatic nitrogens is 2. The zero-order valence-electron chi connectivity index (χ0n) is 10.5. The van der Waals surface area contributed by atoms with Gasteiger partial charge in [0.1, 0.15) is 5.82 Å². The summed E-state index contributed by atoms with van der Waals surface area (Å²) in [5.41, 5.74) is 3.91. The van der Waals surface area contributed by atoms with E-state index in [1.807, 2.05) is 7.05 Å². The molecule has 0 radical (unpaired) electrons. The average Bonchev–Trinajstić information content (AvgIpc) is 2.30. The van der Waals surface area contributed by atoms with Crippen LogP contribution in [0, 0.1) is 12.8 Å². The second kappa shape index (κ2) is 4.91. The molecule has 16 heavy (non-hydrogen) atoms. The molecule has 0 bridgehead atoms. The SMILES string of the molecule is CCc1nc(C)c2c(n1)CCC(CNC)C2. The fourth-order valence-corrected chi connectivity index (χ4v) is 2.54. The van der Waals surface area contributed by atoms with E-state index in [1.54, 1.807) is 0 Å². The summed E-state index contributed by atoms with van der Waals surface area (Å²) in [6.45, 7) is 5.35. The first-order valence-electron chi connectivity index (χ1n) is 6.24. The summed E-state index contributed by atoms with van der Waals surface area (Å²) in [4.78, 5) is 9.22. The van der Waals surface area contributed by atoms with Crippen LogP contribution in [0.4, 0.5) is 0 Å². The first-order valence-corrected chi connectivity index (χ1v) is 6.24. The second-order valence-electron chi connectivity index (χ2n) is 4.67. The highest BCUT2D eigenvalue weighted by Gasteiger charge is 2.21. The maximum atomic E-state index is 4.66. The minimum atomic E-state index is 0.757. The highest BCUT2D eigenvalue weighted by atomic mass is 14.9. The van der Waals surface area contributed by atoms with E-state index in [-0.39, 0.29) is 0 Å². The van der Waals surface area contributed by atoms with Gasteiger partial charge in [0.15, 0.2) is 0 Å². The Bertz CT molecular complexity index is 374. The monoisotopic (exact) mass is 219 g/mol. The highest BCUT2D eigenvalue weighted by molar-refractivity contribution is 5.28. The molecule has 1 N–H and O–H groups in total. The van der Waals surface area contributed by atoms with Crippen molar-refractivity contribution < 1.29 is 0 Å². The van der Waals surface area contributed by atoms with Gasteiger partial charge in [0, 0.05) is 17.8 Å². The van der Waals surface area contributed by atoms with Gasteiger partial charge in [-0.3, -0.25) is 0 Å². The molecule has 0 amide bonds. The van der Waals surface area contributed by atoms with Crippen LogP contribution in [0.15, 0.2) is 0 Å². The Morgan fingerprint density at radius 2 is 2.19 bits per heavy atom. The van der Waals surface area contributed by atoms with Crippen LogP contribution in [0.5, 0.6) is 0 Å². The predicted molar refractivity (Wildman–Crippen MR) is 65.6 cm³/mol. The lowest BCUT2D eigenvalue weighted by Crippen LogP contribution is -2.26. The number of nitrogens with one attached hydrogen (secondary N) is 1. The van der Waals surface area contributed by atoms with Crippen LogP contribution >= 0.6 is 0 Å². The molecule has 2 rings (SSSR count). The van der Waals surface area contributed by atoms with Gasteiger partial charge in [0.25, 0.3) is 0 Å².